The van der Waals surface area contributed by atoms with E-state index in [1.165, 1.54) is 12.1 Å². The van der Waals surface area contributed by atoms with E-state index in [-0.39, 0.29) is 29.9 Å². The van der Waals surface area contributed by atoms with Crippen molar-refractivity contribution in [3.63, 3.8) is 0 Å². The molecule has 3 amide bonds. The zero-order valence-corrected chi connectivity index (χ0v) is 21.0. The molecule has 1 fully saturated rings. The highest BCUT2D eigenvalue weighted by Gasteiger charge is 2.34. The lowest BCUT2D eigenvalue weighted by molar-refractivity contribution is -0.143. The third kappa shape index (κ3) is 8.77. The second kappa shape index (κ2) is 11.9. The van der Waals surface area contributed by atoms with Crippen LogP contribution in [-0.4, -0.2) is 69.8 Å². The molecule has 4 N–H and O–H groups in total. The minimum atomic E-state index is -1.15. The lowest BCUT2D eigenvalue weighted by Gasteiger charge is -2.35. The molecule has 0 unspecified atom stereocenters. The van der Waals surface area contributed by atoms with Gasteiger partial charge in [0, 0.05) is 25.4 Å². The fraction of sp³-hybridized carbons (Fsp3) is 0.600. The van der Waals surface area contributed by atoms with Crippen LogP contribution in [-0.2, 0) is 25.5 Å². The van der Waals surface area contributed by atoms with Crippen LogP contribution in [0, 0.1) is 11.8 Å². The molecular weight excluding hydrogens is 454 g/mol. The smallest absolute Gasteiger partial charge is 0.408 e. The number of phenolic OH excluding ortho intramolecular Hbond substituents is 1. The number of carbonyl (C=O) groups excluding carboxylic acids is 3. The summed E-state index contributed by atoms with van der Waals surface area (Å²) in [6, 6.07) is 4.29. The van der Waals surface area contributed by atoms with E-state index in [4.69, 9.17) is 4.74 Å². The summed E-state index contributed by atoms with van der Waals surface area (Å²) >= 11 is 0. The molecule has 194 valence electrons. The first kappa shape index (κ1) is 27.9. The Kier molecular flexibility index (Phi) is 9.50. The van der Waals surface area contributed by atoms with Gasteiger partial charge in [0.1, 0.15) is 23.4 Å². The molecule has 10 heteroatoms. The van der Waals surface area contributed by atoms with Gasteiger partial charge in [-0.1, -0.05) is 26.0 Å². The van der Waals surface area contributed by atoms with E-state index < -0.39 is 35.7 Å². The number of hydrogen-bond donors (Lipinski definition) is 4. The van der Waals surface area contributed by atoms with Crippen LogP contribution in [0.25, 0.3) is 0 Å². The van der Waals surface area contributed by atoms with Crippen molar-refractivity contribution >= 4 is 23.9 Å². The van der Waals surface area contributed by atoms with Crippen LogP contribution in [0.1, 0.15) is 53.0 Å². The van der Waals surface area contributed by atoms with E-state index in [1.54, 1.807) is 37.8 Å². The second-order valence-electron chi connectivity index (χ2n) is 10.2. The van der Waals surface area contributed by atoms with Crippen molar-refractivity contribution in [1.29, 1.82) is 0 Å². The number of nitrogens with zero attached hydrogens (tertiary/aromatic N) is 1. The van der Waals surface area contributed by atoms with Gasteiger partial charge in [-0.15, -0.1) is 0 Å². The van der Waals surface area contributed by atoms with Gasteiger partial charge in [0.15, 0.2) is 0 Å². The first-order valence-electron chi connectivity index (χ1n) is 11.9. The number of carbonyl (C=O) groups is 4. The van der Waals surface area contributed by atoms with E-state index in [2.05, 4.69) is 10.6 Å². The summed E-state index contributed by atoms with van der Waals surface area (Å²) in [5.74, 6) is -2.25. The van der Waals surface area contributed by atoms with Gasteiger partial charge in [-0.05, 0) is 57.2 Å². The van der Waals surface area contributed by atoms with Gasteiger partial charge in [-0.2, -0.15) is 0 Å². The van der Waals surface area contributed by atoms with E-state index in [1.807, 2.05) is 13.8 Å². The molecule has 0 spiro atoms. The highest BCUT2D eigenvalue weighted by Crippen LogP contribution is 2.20. The Bertz CT molecular complexity index is 901. The fourth-order valence-corrected chi connectivity index (χ4v) is 3.86. The average molecular weight is 492 g/mol. The number of alkyl carbamates (subject to hydrolysis) is 1. The maximum Gasteiger partial charge on any atom is 0.408 e. The number of piperidine rings is 1. The number of benzene rings is 1. The molecule has 0 bridgehead atoms. The molecular formula is C25H37N3O7. The van der Waals surface area contributed by atoms with Gasteiger partial charge in [0.05, 0.1) is 0 Å². The summed E-state index contributed by atoms with van der Waals surface area (Å²) in [7, 11) is 0. The van der Waals surface area contributed by atoms with Gasteiger partial charge in [0.2, 0.25) is 11.8 Å². The standard InChI is InChI=1S/C25H37N3O7/c1-15(2)20(27-24(34)35-25(3,4)5)22(31)28-12-10-17(11-13-28)21(30)26-19(23(32)33)14-16-6-8-18(29)9-7-16/h6-9,15,17,19-20,29H,10-14H2,1-5H3,(H,26,30)(H,27,34)(H,32,33)/t19-,20-/m0/s1. The highest BCUT2D eigenvalue weighted by atomic mass is 16.6. The molecule has 10 nitrogen and oxygen atoms in total. The fourth-order valence-electron chi connectivity index (χ4n) is 3.86. The molecule has 1 aromatic rings. The van der Waals surface area contributed by atoms with Crippen molar-refractivity contribution in [2.24, 2.45) is 11.8 Å². The largest absolute Gasteiger partial charge is 0.508 e. The van der Waals surface area contributed by atoms with Gasteiger partial charge in [0.25, 0.3) is 0 Å². The van der Waals surface area contributed by atoms with Crippen molar-refractivity contribution in [1.82, 2.24) is 15.5 Å². The monoisotopic (exact) mass is 491 g/mol. The molecule has 0 saturated carbocycles. The number of likely N-dealkylation sites (tertiary alicyclic amines) is 1. The summed E-state index contributed by atoms with van der Waals surface area (Å²) in [5.41, 5.74) is -0.00987. The summed E-state index contributed by atoms with van der Waals surface area (Å²) in [6.45, 7) is 9.55. The number of hydrogen-bond acceptors (Lipinski definition) is 6. The number of ether oxygens (including phenoxy) is 1. The number of rotatable bonds is 8. The molecule has 1 heterocycles. The van der Waals surface area contributed by atoms with E-state index in [0.717, 1.165) is 0 Å². The van der Waals surface area contributed by atoms with Gasteiger partial charge in [-0.25, -0.2) is 9.59 Å². The van der Waals surface area contributed by atoms with Crippen molar-refractivity contribution < 1.29 is 34.1 Å². The Morgan fingerprint density at radius 2 is 1.63 bits per heavy atom. The Labute approximate surface area is 206 Å². The molecule has 0 aliphatic carbocycles. The number of carboxylic acid groups (broad SMARTS) is 1. The minimum absolute atomic E-state index is 0.0759. The molecule has 35 heavy (non-hydrogen) atoms. The van der Waals surface area contributed by atoms with Crippen molar-refractivity contribution in [3.8, 4) is 5.75 Å². The average Bonchev–Trinajstić information content (AvgIpc) is 2.76. The van der Waals surface area contributed by atoms with Crippen LogP contribution in [0.2, 0.25) is 0 Å². The van der Waals surface area contributed by atoms with Gasteiger partial charge >= 0.3 is 12.1 Å². The Balaban J connectivity index is 1.92. The first-order valence-corrected chi connectivity index (χ1v) is 11.9. The summed E-state index contributed by atoms with van der Waals surface area (Å²) in [6.07, 6.45) is 0.207. The lowest BCUT2D eigenvalue weighted by atomic mass is 9.93. The van der Waals surface area contributed by atoms with Crippen LogP contribution in [0.15, 0.2) is 24.3 Å². The third-order valence-electron chi connectivity index (χ3n) is 5.77. The number of carboxylic acids is 1. The molecule has 0 radical (unpaired) electrons. The minimum Gasteiger partial charge on any atom is -0.508 e. The molecule has 1 aliphatic heterocycles. The van der Waals surface area contributed by atoms with Crippen molar-refractivity contribution in [2.75, 3.05) is 13.1 Å². The Morgan fingerprint density at radius 1 is 1.06 bits per heavy atom. The Hall–Kier alpha value is -3.30. The Morgan fingerprint density at radius 3 is 2.11 bits per heavy atom. The van der Waals surface area contributed by atoms with Crippen molar-refractivity contribution in [3.05, 3.63) is 29.8 Å². The number of aromatic hydroxyl groups is 1. The molecule has 2 atom stereocenters. The molecule has 2 rings (SSSR count). The van der Waals surface area contributed by atoms with Crippen LogP contribution in [0.3, 0.4) is 0 Å². The molecule has 1 aromatic carbocycles. The normalized spacial score (nSPS) is 16.3. The number of nitrogens with one attached hydrogen (secondary N) is 2. The van der Waals surface area contributed by atoms with Gasteiger partial charge < -0.3 is 30.5 Å². The van der Waals surface area contributed by atoms with Crippen LogP contribution in [0.4, 0.5) is 4.79 Å². The number of aliphatic carboxylic acids is 1. The molecule has 1 saturated heterocycles. The first-order chi connectivity index (χ1) is 16.3. The maximum atomic E-state index is 13.1. The van der Waals surface area contributed by atoms with E-state index in [0.29, 0.717) is 31.5 Å². The number of phenols is 1. The zero-order chi connectivity index (χ0) is 26.3. The van der Waals surface area contributed by atoms with E-state index in [9.17, 15) is 29.4 Å². The second-order valence-corrected chi connectivity index (χ2v) is 10.2. The van der Waals surface area contributed by atoms with Crippen molar-refractivity contribution in [2.45, 2.75) is 71.6 Å². The molecule has 0 aromatic heterocycles. The summed E-state index contributed by atoms with van der Waals surface area (Å²) in [4.78, 5) is 51.3. The predicted molar refractivity (Wildman–Crippen MR) is 129 cm³/mol. The van der Waals surface area contributed by atoms with Crippen LogP contribution < -0.4 is 10.6 Å². The van der Waals surface area contributed by atoms with Crippen LogP contribution >= 0.6 is 0 Å². The number of amides is 3. The molecule has 1 aliphatic rings. The SMILES string of the molecule is CC(C)[C@H](NC(=O)OC(C)(C)C)C(=O)N1CCC(C(=O)N[C@@H](Cc2ccc(O)cc2)C(=O)O)CC1. The third-order valence-corrected chi connectivity index (χ3v) is 5.77. The quantitative estimate of drug-likeness (QED) is 0.436. The maximum absolute atomic E-state index is 13.1. The summed E-state index contributed by atoms with van der Waals surface area (Å²) < 4.78 is 5.27. The zero-order valence-electron chi connectivity index (χ0n) is 21.0. The predicted octanol–water partition coefficient (Wildman–Crippen LogP) is 2.29. The highest BCUT2D eigenvalue weighted by molar-refractivity contribution is 5.87. The van der Waals surface area contributed by atoms with E-state index >= 15 is 0 Å². The lowest BCUT2D eigenvalue weighted by Crippen LogP contribution is -2.54. The summed E-state index contributed by atoms with van der Waals surface area (Å²) in [5, 5.41) is 24.2. The topological polar surface area (TPSA) is 145 Å². The van der Waals surface area contributed by atoms with Gasteiger partial charge in [-0.3, -0.25) is 9.59 Å². The van der Waals surface area contributed by atoms with Crippen LogP contribution in [0.5, 0.6) is 5.75 Å².